The topological polar surface area (TPSA) is 17.4 Å². The van der Waals surface area contributed by atoms with Gasteiger partial charge in [0.2, 0.25) is 0 Å². The van der Waals surface area contributed by atoms with Gasteiger partial charge < -0.3 is 38.9 Å². The minimum Gasteiger partial charge on any atom is -1.00 e. The van der Waals surface area contributed by atoms with Gasteiger partial charge in [0.05, 0.1) is 0 Å². The van der Waals surface area contributed by atoms with Gasteiger partial charge in [-0.3, -0.25) is 0 Å². The average molecular weight is 283 g/mol. The van der Waals surface area contributed by atoms with E-state index in [-0.39, 0.29) is 34.0 Å². The molecule has 0 bridgehead atoms. The van der Waals surface area contributed by atoms with Gasteiger partial charge in [-0.15, -0.1) is 0 Å². The smallest absolute Gasteiger partial charge is 0.169 e. The van der Waals surface area contributed by atoms with Gasteiger partial charge in [-0.25, -0.2) is 4.98 Å². The minimum atomic E-state index is 0. The molecule has 0 unspecified atom stereocenters. The van der Waals surface area contributed by atoms with Gasteiger partial charge in [-0.05, 0) is 0 Å². The Labute approximate surface area is 88.2 Å². The number of anilines is 1. The van der Waals surface area contributed by atoms with Gasteiger partial charge in [-0.2, -0.15) is 0 Å². The molecule has 0 saturated heterocycles. The Bertz CT molecular complexity index is 177. The van der Waals surface area contributed by atoms with Crippen molar-refractivity contribution in [3.05, 3.63) is 24.5 Å². The Morgan fingerprint density at radius 3 is 1.82 bits per heavy atom. The first kappa shape index (κ1) is 13.5. The Balaban J connectivity index is 0. The summed E-state index contributed by atoms with van der Waals surface area (Å²) in [5, 5.41) is 0. The van der Waals surface area contributed by atoms with E-state index in [9.17, 15) is 0 Å². The molecule has 0 amide bonds. The van der Waals surface area contributed by atoms with Crippen molar-refractivity contribution in [3.63, 3.8) is 0 Å². The molecule has 1 aromatic heterocycles. The van der Waals surface area contributed by atoms with Crippen LogP contribution < -0.4 is 43.8 Å². The number of pyridine rings is 1. The van der Waals surface area contributed by atoms with Crippen LogP contribution in [-0.2, 0) is 0 Å². The van der Waals surface area contributed by atoms with Crippen LogP contribution in [0, 0.1) is 0 Å². The van der Waals surface area contributed by atoms with Crippen molar-refractivity contribution in [2.75, 3.05) is 19.0 Å². The van der Waals surface area contributed by atoms with Gasteiger partial charge >= 0.3 is 0 Å². The number of halogens is 2. The summed E-state index contributed by atoms with van der Waals surface area (Å²) in [5.41, 5.74) is 1.22. The van der Waals surface area contributed by atoms with Crippen LogP contribution in [0.25, 0.3) is 0 Å². The van der Waals surface area contributed by atoms with E-state index in [1.807, 2.05) is 38.6 Å². The van der Waals surface area contributed by atoms with Crippen molar-refractivity contribution in [1.82, 2.24) is 0 Å². The Morgan fingerprint density at radius 2 is 1.55 bits per heavy atom. The maximum Gasteiger partial charge on any atom is 0.169 e. The SMILES string of the molecule is CN(C)c1cc[nH+]cc1.[Br-].[Br-]. The monoisotopic (exact) mass is 281 g/mol. The van der Waals surface area contributed by atoms with Crippen molar-refractivity contribution in [2.24, 2.45) is 0 Å². The quantitative estimate of drug-likeness (QED) is 0.503. The van der Waals surface area contributed by atoms with E-state index in [1.165, 1.54) is 5.69 Å². The summed E-state index contributed by atoms with van der Waals surface area (Å²) in [6, 6.07) is 4.06. The fourth-order valence-corrected chi connectivity index (χ4v) is 0.676. The Morgan fingerprint density at radius 1 is 1.09 bits per heavy atom. The van der Waals surface area contributed by atoms with Crippen molar-refractivity contribution in [1.29, 1.82) is 0 Å². The number of hydrogen-bond donors (Lipinski definition) is 0. The van der Waals surface area contributed by atoms with E-state index in [2.05, 4.69) is 9.88 Å². The summed E-state index contributed by atoms with van der Waals surface area (Å²) in [7, 11) is 4.05. The fraction of sp³-hybridized carbons (Fsp3) is 0.286. The lowest BCUT2D eigenvalue weighted by Crippen LogP contribution is -3.00. The van der Waals surface area contributed by atoms with E-state index >= 15 is 0 Å². The molecular weight excluding hydrogens is 272 g/mol. The van der Waals surface area contributed by atoms with E-state index in [1.54, 1.807) is 0 Å². The molecule has 0 spiro atoms. The predicted octanol–water partition coefficient (Wildman–Crippen LogP) is -5.43. The molecule has 0 aliphatic carbocycles. The summed E-state index contributed by atoms with van der Waals surface area (Å²) < 4.78 is 0. The highest BCUT2D eigenvalue weighted by atomic mass is 79.9. The van der Waals surface area contributed by atoms with Crippen molar-refractivity contribution >= 4 is 5.69 Å². The lowest BCUT2D eigenvalue weighted by atomic mass is 10.4. The summed E-state index contributed by atoms with van der Waals surface area (Å²) in [6.45, 7) is 0. The largest absolute Gasteiger partial charge is 1.00 e. The molecule has 0 aromatic carbocycles. The lowest BCUT2D eigenvalue weighted by molar-refractivity contribution is -0.377. The summed E-state index contributed by atoms with van der Waals surface area (Å²) in [6.07, 6.45) is 3.82. The Kier molecular flexibility index (Phi) is 8.11. The zero-order valence-electron chi connectivity index (χ0n) is 6.51. The number of nitrogens with one attached hydrogen (secondary N) is 1. The zero-order valence-corrected chi connectivity index (χ0v) is 9.68. The highest BCUT2D eigenvalue weighted by Gasteiger charge is 1.91. The van der Waals surface area contributed by atoms with Crippen LogP contribution >= 0.6 is 0 Å². The van der Waals surface area contributed by atoms with Crippen molar-refractivity contribution < 1.29 is 38.9 Å². The molecular formula is C7H11Br2N2-. The Hall–Kier alpha value is -0.0900. The summed E-state index contributed by atoms with van der Waals surface area (Å²) in [5.74, 6) is 0. The van der Waals surface area contributed by atoms with Gasteiger partial charge in [0.15, 0.2) is 12.4 Å². The molecule has 0 aliphatic heterocycles. The minimum absolute atomic E-state index is 0. The molecule has 0 radical (unpaired) electrons. The summed E-state index contributed by atoms with van der Waals surface area (Å²) >= 11 is 0. The van der Waals surface area contributed by atoms with Crippen molar-refractivity contribution in [2.45, 2.75) is 0 Å². The molecule has 0 saturated carbocycles. The third-order valence-electron chi connectivity index (χ3n) is 1.22. The number of rotatable bonds is 1. The fourth-order valence-electron chi connectivity index (χ4n) is 0.676. The lowest BCUT2D eigenvalue weighted by Gasteiger charge is -2.08. The van der Waals surface area contributed by atoms with Gasteiger partial charge in [-0.1, -0.05) is 0 Å². The standard InChI is InChI=1S/C7H10N2.2BrH/c1-9(2)7-3-5-8-6-4-7;;/h3-6H,1-2H3;2*1H/p-1. The van der Waals surface area contributed by atoms with E-state index in [0.29, 0.717) is 0 Å². The first-order valence-electron chi connectivity index (χ1n) is 2.94. The molecule has 64 valence electrons. The van der Waals surface area contributed by atoms with Crippen molar-refractivity contribution in [3.8, 4) is 0 Å². The van der Waals surface area contributed by atoms with Gasteiger partial charge in [0, 0.05) is 31.9 Å². The first-order chi connectivity index (χ1) is 4.30. The van der Waals surface area contributed by atoms with Crippen LogP contribution in [0.1, 0.15) is 0 Å². The molecule has 1 aromatic rings. The van der Waals surface area contributed by atoms with Gasteiger partial charge in [0.25, 0.3) is 0 Å². The second kappa shape index (κ2) is 6.61. The third-order valence-corrected chi connectivity index (χ3v) is 1.22. The molecule has 0 atom stereocenters. The maximum atomic E-state index is 2.96. The van der Waals surface area contributed by atoms with Gasteiger partial charge in [0.1, 0.15) is 0 Å². The van der Waals surface area contributed by atoms with Crippen LogP contribution in [0.5, 0.6) is 0 Å². The second-order valence-corrected chi connectivity index (χ2v) is 2.15. The predicted molar refractivity (Wildman–Crippen MR) is 37.3 cm³/mol. The average Bonchev–Trinajstić information content (AvgIpc) is 1.90. The highest BCUT2D eigenvalue weighted by Crippen LogP contribution is 2.04. The van der Waals surface area contributed by atoms with Crippen LogP contribution in [0.4, 0.5) is 5.69 Å². The third kappa shape index (κ3) is 4.37. The number of H-pyrrole nitrogens is 1. The normalized spacial score (nSPS) is 7.45. The van der Waals surface area contributed by atoms with E-state index < -0.39 is 0 Å². The molecule has 0 fully saturated rings. The number of hydrogen-bond acceptors (Lipinski definition) is 1. The van der Waals surface area contributed by atoms with E-state index in [4.69, 9.17) is 0 Å². The summed E-state index contributed by atoms with van der Waals surface area (Å²) in [4.78, 5) is 5.02. The molecule has 4 heteroatoms. The second-order valence-electron chi connectivity index (χ2n) is 2.15. The molecule has 1 heterocycles. The molecule has 0 aliphatic rings. The number of aromatic nitrogens is 1. The highest BCUT2D eigenvalue weighted by molar-refractivity contribution is 5.41. The first-order valence-corrected chi connectivity index (χ1v) is 2.94. The van der Waals surface area contributed by atoms with E-state index in [0.717, 1.165) is 0 Å². The molecule has 11 heavy (non-hydrogen) atoms. The van der Waals surface area contributed by atoms with Crippen LogP contribution in [0.3, 0.4) is 0 Å². The molecule has 1 rings (SSSR count). The van der Waals surface area contributed by atoms with Crippen LogP contribution in [0.2, 0.25) is 0 Å². The molecule has 1 N–H and O–H groups in total. The number of nitrogens with zero attached hydrogens (tertiary/aromatic N) is 1. The maximum absolute atomic E-state index is 2.96. The zero-order chi connectivity index (χ0) is 6.69. The number of aromatic amines is 1. The van der Waals surface area contributed by atoms with Crippen LogP contribution in [0.15, 0.2) is 24.5 Å². The van der Waals surface area contributed by atoms with Crippen LogP contribution in [-0.4, -0.2) is 14.1 Å². The molecule has 2 nitrogen and oxygen atoms in total.